The highest BCUT2D eigenvalue weighted by Crippen LogP contribution is 2.28. The molecule has 0 radical (unpaired) electrons. The van der Waals surface area contributed by atoms with Gasteiger partial charge in [0.15, 0.2) is 0 Å². The van der Waals surface area contributed by atoms with Gasteiger partial charge in [-0.05, 0) is 50.7 Å². The number of benzene rings is 1. The first kappa shape index (κ1) is 20.5. The maximum Gasteiger partial charge on any atom is 0.471 e. The number of ether oxygens (including phenoxy) is 1. The summed E-state index contributed by atoms with van der Waals surface area (Å²) >= 11 is 0. The number of carbonyl (C=O) groups excluding carboxylic acids is 2. The van der Waals surface area contributed by atoms with Crippen molar-refractivity contribution in [2.24, 2.45) is 5.92 Å². The van der Waals surface area contributed by atoms with Crippen LogP contribution in [0.1, 0.15) is 31.2 Å². The zero-order chi connectivity index (χ0) is 20.3. The van der Waals surface area contributed by atoms with Gasteiger partial charge in [0.2, 0.25) is 5.91 Å². The summed E-state index contributed by atoms with van der Waals surface area (Å²) in [5, 5.41) is 0. The number of rotatable bonds is 4. The Hall–Kier alpha value is -2.25. The minimum Gasteiger partial charge on any atom is -0.493 e. The highest BCUT2D eigenvalue weighted by atomic mass is 19.4. The number of nitrogens with zero attached hydrogens (tertiary/aromatic N) is 2. The third kappa shape index (κ3) is 4.77. The number of hydrogen-bond donors (Lipinski definition) is 0. The van der Waals surface area contributed by atoms with Gasteiger partial charge >= 0.3 is 12.1 Å². The molecule has 1 atom stereocenters. The van der Waals surface area contributed by atoms with E-state index in [-0.39, 0.29) is 18.9 Å². The van der Waals surface area contributed by atoms with E-state index in [1.165, 1.54) is 0 Å². The predicted octanol–water partition coefficient (Wildman–Crippen LogP) is 3.17. The van der Waals surface area contributed by atoms with Crippen molar-refractivity contribution in [1.82, 2.24) is 9.80 Å². The van der Waals surface area contributed by atoms with Gasteiger partial charge in [0.05, 0.1) is 6.61 Å². The van der Waals surface area contributed by atoms with E-state index >= 15 is 0 Å². The van der Waals surface area contributed by atoms with Crippen molar-refractivity contribution >= 4 is 11.8 Å². The van der Waals surface area contributed by atoms with Crippen LogP contribution in [-0.2, 0) is 9.59 Å². The average molecular weight is 398 g/mol. The van der Waals surface area contributed by atoms with Gasteiger partial charge in [-0.15, -0.1) is 0 Å². The van der Waals surface area contributed by atoms with Crippen molar-refractivity contribution in [3.05, 3.63) is 29.8 Å². The van der Waals surface area contributed by atoms with Crippen molar-refractivity contribution in [2.45, 2.75) is 44.8 Å². The summed E-state index contributed by atoms with van der Waals surface area (Å²) in [6, 6.07) is 6.80. The Morgan fingerprint density at radius 1 is 1.07 bits per heavy atom. The molecule has 1 unspecified atom stereocenters. The smallest absolute Gasteiger partial charge is 0.471 e. The molecule has 2 fully saturated rings. The van der Waals surface area contributed by atoms with Crippen LogP contribution in [0.15, 0.2) is 24.3 Å². The monoisotopic (exact) mass is 398 g/mol. The molecule has 2 saturated heterocycles. The second-order valence-corrected chi connectivity index (χ2v) is 7.55. The Labute approximate surface area is 162 Å². The third-order valence-corrected chi connectivity index (χ3v) is 5.47. The molecule has 2 aliphatic heterocycles. The molecule has 8 heteroatoms. The second-order valence-electron chi connectivity index (χ2n) is 7.55. The molecule has 0 aliphatic carbocycles. The summed E-state index contributed by atoms with van der Waals surface area (Å²) in [5.41, 5.74) is 1.16. The fourth-order valence-corrected chi connectivity index (χ4v) is 3.81. The quantitative estimate of drug-likeness (QED) is 0.783. The fourth-order valence-electron chi connectivity index (χ4n) is 3.81. The first-order chi connectivity index (χ1) is 13.3. The van der Waals surface area contributed by atoms with Gasteiger partial charge in [0, 0.05) is 19.6 Å². The fraction of sp³-hybridized carbons (Fsp3) is 0.600. The molecule has 5 nitrogen and oxygen atoms in total. The van der Waals surface area contributed by atoms with Crippen molar-refractivity contribution < 1.29 is 27.5 Å². The van der Waals surface area contributed by atoms with E-state index in [2.05, 4.69) is 0 Å². The zero-order valence-electron chi connectivity index (χ0n) is 15.9. The summed E-state index contributed by atoms with van der Waals surface area (Å²) in [6.45, 7) is 3.49. The first-order valence-electron chi connectivity index (χ1n) is 9.62. The summed E-state index contributed by atoms with van der Waals surface area (Å²) in [5.74, 6) is -1.18. The van der Waals surface area contributed by atoms with E-state index in [0.717, 1.165) is 24.2 Å². The van der Waals surface area contributed by atoms with Gasteiger partial charge in [-0.3, -0.25) is 9.59 Å². The topological polar surface area (TPSA) is 49.9 Å². The molecule has 2 heterocycles. The van der Waals surface area contributed by atoms with Crippen LogP contribution in [0, 0.1) is 12.8 Å². The predicted molar refractivity (Wildman–Crippen MR) is 96.8 cm³/mol. The molecule has 0 bridgehead atoms. The molecule has 0 N–H and O–H groups in total. The lowest BCUT2D eigenvalue weighted by atomic mass is 9.97. The normalized spacial score (nSPS) is 21.1. The highest BCUT2D eigenvalue weighted by molar-refractivity contribution is 5.90. The lowest BCUT2D eigenvalue weighted by Gasteiger charge is -2.35. The number of piperidine rings is 1. The van der Waals surface area contributed by atoms with Crippen molar-refractivity contribution in [3.8, 4) is 5.75 Å². The molecule has 0 spiro atoms. The van der Waals surface area contributed by atoms with Gasteiger partial charge in [-0.1, -0.05) is 17.7 Å². The Bertz CT molecular complexity index is 698. The minimum atomic E-state index is -4.94. The number of halogens is 3. The third-order valence-electron chi connectivity index (χ3n) is 5.47. The number of aryl methyl sites for hydroxylation is 1. The Kier molecular flexibility index (Phi) is 6.15. The van der Waals surface area contributed by atoms with E-state index < -0.39 is 18.1 Å². The standard InChI is InChI=1S/C20H25F3N2O3/c1-14-4-6-16(7-5-14)28-13-15-8-11-24(12-9-15)18(26)17-3-2-10-25(17)19(27)20(21,22)23/h4-7,15,17H,2-3,8-13H2,1H3. The van der Waals surface area contributed by atoms with Gasteiger partial charge in [-0.25, -0.2) is 0 Å². The van der Waals surface area contributed by atoms with Crippen LogP contribution in [0.4, 0.5) is 13.2 Å². The summed E-state index contributed by atoms with van der Waals surface area (Å²) in [7, 11) is 0. The zero-order valence-corrected chi connectivity index (χ0v) is 15.9. The van der Waals surface area contributed by atoms with Gasteiger partial charge in [0.1, 0.15) is 11.8 Å². The van der Waals surface area contributed by atoms with E-state index in [0.29, 0.717) is 36.9 Å². The van der Waals surface area contributed by atoms with Crippen LogP contribution in [0.2, 0.25) is 0 Å². The minimum absolute atomic E-state index is 0.0182. The van der Waals surface area contributed by atoms with Crippen LogP contribution in [0.3, 0.4) is 0 Å². The largest absolute Gasteiger partial charge is 0.493 e. The SMILES string of the molecule is Cc1ccc(OCC2CCN(C(=O)C3CCCN3C(=O)C(F)(F)F)CC2)cc1. The number of alkyl halides is 3. The van der Waals surface area contributed by atoms with Gasteiger partial charge in [0.25, 0.3) is 0 Å². The summed E-state index contributed by atoms with van der Waals surface area (Å²) < 4.78 is 44.0. The molecule has 1 aromatic carbocycles. The second kappa shape index (κ2) is 8.41. The van der Waals surface area contributed by atoms with Crippen molar-refractivity contribution in [1.29, 1.82) is 0 Å². The lowest BCUT2D eigenvalue weighted by Crippen LogP contribution is -2.52. The molecule has 3 rings (SSSR count). The lowest BCUT2D eigenvalue weighted by molar-refractivity contribution is -0.187. The number of amides is 2. The van der Waals surface area contributed by atoms with Crippen molar-refractivity contribution in [2.75, 3.05) is 26.2 Å². The van der Waals surface area contributed by atoms with E-state index in [9.17, 15) is 22.8 Å². The molecule has 0 aromatic heterocycles. The van der Waals surface area contributed by atoms with E-state index in [1.54, 1.807) is 4.90 Å². The molecule has 154 valence electrons. The summed E-state index contributed by atoms with van der Waals surface area (Å²) in [4.78, 5) is 26.5. The van der Waals surface area contributed by atoms with Crippen molar-refractivity contribution in [3.63, 3.8) is 0 Å². The Balaban J connectivity index is 1.49. The molecule has 2 aliphatic rings. The van der Waals surface area contributed by atoms with Gasteiger partial charge in [-0.2, -0.15) is 13.2 Å². The molecular weight excluding hydrogens is 373 g/mol. The van der Waals surface area contributed by atoms with Gasteiger partial charge < -0.3 is 14.5 Å². The highest BCUT2D eigenvalue weighted by Gasteiger charge is 2.48. The van der Waals surface area contributed by atoms with Crippen LogP contribution >= 0.6 is 0 Å². The Morgan fingerprint density at radius 3 is 2.32 bits per heavy atom. The van der Waals surface area contributed by atoms with Crippen LogP contribution in [-0.4, -0.2) is 60.1 Å². The molecule has 1 aromatic rings. The number of hydrogen-bond acceptors (Lipinski definition) is 3. The molecule has 2 amide bonds. The van der Waals surface area contributed by atoms with E-state index in [1.807, 2.05) is 31.2 Å². The molecule has 0 saturated carbocycles. The Morgan fingerprint density at radius 2 is 1.71 bits per heavy atom. The number of likely N-dealkylation sites (tertiary alicyclic amines) is 2. The average Bonchev–Trinajstić information content (AvgIpc) is 3.15. The number of carbonyl (C=O) groups is 2. The van der Waals surface area contributed by atoms with Crippen LogP contribution < -0.4 is 4.74 Å². The first-order valence-corrected chi connectivity index (χ1v) is 9.62. The maximum atomic E-state index is 12.7. The maximum absolute atomic E-state index is 12.7. The van der Waals surface area contributed by atoms with Crippen LogP contribution in [0.25, 0.3) is 0 Å². The van der Waals surface area contributed by atoms with E-state index in [4.69, 9.17) is 4.74 Å². The molecular formula is C20H25F3N2O3. The van der Waals surface area contributed by atoms with Crippen LogP contribution in [0.5, 0.6) is 5.75 Å². The molecule has 28 heavy (non-hydrogen) atoms. The summed E-state index contributed by atoms with van der Waals surface area (Å²) in [6.07, 6.45) is -2.77.